The maximum Gasteiger partial charge on any atom is 0.356 e. The van der Waals surface area contributed by atoms with Crippen molar-refractivity contribution in [3.63, 3.8) is 0 Å². The van der Waals surface area contributed by atoms with Gasteiger partial charge in [0.15, 0.2) is 5.69 Å². The van der Waals surface area contributed by atoms with Crippen molar-refractivity contribution >= 4 is 5.97 Å². The zero-order chi connectivity index (χ0) is 21.2. The van der Waals surface area contributed by atoms with E-state index in [9.17, 15) is 18.7 Å². The predicted molar refractivity (Wildman–Crippen MR) is 104 cm³/mol. The number of nitrogens with zero attached hydrogens (tertiary/aromatic N) is 2. The summed E-state index contributed by atoms with van der Waals surface area (Å²) in [5.74, 6) is -5.08. The summed E-state index contributed by atoms with van der Waals surface area (Å²) >= 11 is 0. The van der Waals surface area contributed by atoms with Gasteiger partial charge in [0.25, 0.3) is 5.92 Å². The number of carboxylic acids is 1. The van der Waals surface area contributed by atoms with Gasteiger partial charge in [-0.1, -0.05) is 6.92 Å². The third-order valence-electron chi connectivity index (χ3n) is 6.52. The molecular formula is C21H32F2N2O4. The smallest absolute Gasteiger partial charge is 0.356 e. The fraction of sp³-hybridized carbons (Fsp3) is 0.810. The fourth-order valence-electron chi connectivity index (χ4n) is 5.03. The molecule has 1 aliphatic heterocycles. The third kappa shape index (κ3) is 4.19. The van der Waals surface area contributed by atoms with Gasteiger partial charge in [0, 0.05) is 24.2 Å². The van der Waals surface area contributed by atoms with Crippen molar-refractivity contribution in [2.45, 2.75) is 77.2 Å². The molecule has 1 N–H and O–H groups in total. The number of aromatic carboxylic acids is 1. The van der Waals surface area contributed by atoms with E-state index in [1.165, 1.54) is 4.68 Å². The van der Waals surface area contributed by atoms with Crippen LogP contribution < -0.4 is 0 Å². The molecule has 8 heteroatoms. The van der Waals surface area contributed by atoms with E-state index in [1.807, 2.05) is 13.8 Å². The van der Waals surface area contributed by atoms with Crippen molar-refractivity contribution in [2.24, 2.45) is 5.41 Å². The molecule has 1 fully saturated rings. The van der Waals surface area contributed by atoms with Crippen LogP contribution in [0.3, 0.4) is 0 Å². The highest BCUT2D eigenvalue weighted by Gasteiger charge is 2.51. The zero-order valence-electron chi connectivity index (χ0n) is 17.5. The van der Waals surface area contributed by atoms with E-state index in [2.05, 4.69) is 5.10 Å². The second-order valence-corrected chi connectivity index (χ2v) is 8.38. The van der Waals surface area contributed by atoms with Crippen LogP contribution in [0.2, 0.25) is 0 Å². The third-order valence-corrected chi connectivity index (χ3v) is 6.52. The summed E-state index contributed by atoms with van der Waals surface area (Å²) in [5.41, 5.74) is 0.808. The minimum absolute atomic E-state index is 0.0546. The Kier molecular flexibility index (Phi) is 6.63. The highest BCUT2D eigenvalue weighted by molar-refractivity contribution is 5.88. The fourth-order valence-corrected chi connectivity index (χ4v) is 5.03. The molecule has 1 saturated carbocycles. The Hall–Kier alpha value is -1.54. The topological polar surface area (TPSA) is 73.6 Å². The highest BCUT2D eigenvalue weighted by Crippen LogP contribution is 2.51. The molecular weight excluding hydrogens is 382 g/mol. The summed E-state index contributed by atoms with van der Waals surface area (Å²) in [5, 5.41) is 13.8. The molecule has 1 aromatic rings. The van der Waals surface area contributed by atoms with Gasteiger partial charge in [-0.25, -0.2) is 13.6 Å². The quantitative estimate of drug-likeness (QED) is 0.647. The van der Waals surface area contributed by atoms with Crippen LogP contribution in [0, 0.1) is 5.41 Å². The Morgan fingerprint density at radius 2 is 1.76 bits per heavy atom. The summed E-state index contributed by atoms with van der Waals surface area (Å²) in [6, 6.07) is 0. The standard InChI is InChI=1S/C21H32F2N2O4/c1-4-15-18-16(17(19(26)27)24-25(18)11-21(15,22)23)14-7-9-20(10-8-14,12-28-5-2)13-29-6-3/h14-15H,4-13H2,1-3H3,(H,26,27). The van der Waals surface area contributed by atoms with Crippen molar-refractivity contribution in [3.05, 3.63) is 17.0 Å². The largest absolute Gasteiger partial charge is 0.476 e. The first kappa shape index (κ1) is 22.2. The van der Waals surface area contributed by atoms with Gasteiger partial charge in [0.1, 0.15) is 6.54 Å². The van der Waals surface area contributed by atoms with Crippen LogP contribution in [0.5, 0.6) is 0 Å². The Morgan fingerprint density at radius 1 is 1.17 bits per heavy atom. The number of halogens is 2. The van der Waals surface area contributed by atoms with E-state index < -0.39 is 24.4 Å². The molecule has 0 bridgehead atoms. The number of rotatable bonds is 9. The van der Waals surface area contributed by atoms with Crippen molar-refractivity contribution in [1.29, 1.82) is 0 Å². The molecule has 0 radical (unpaired) electrons. The lowest BCUT2D eigenvalue weighted by Crippen LogP contribution is -2.36. The second kappa shape index (κ2) is 8.68. The zero-order valence-corrected chi connectivity index (χ0v) is 17.5. The lowest BCUT2D eigenvalue weighted by Gasteiger charge is -2.40. The molecule has 0 saturated heterocycles. The van der Waals surface area contributed by atoms with Crippen molar-refractivity contribution in [2.75, 3.05) is 26.4 Å². The van der Waals surface area contributed by atoms with E-state index in [-0.39, 0.29) is 23.4 Å². The van der Waals surface area contributed by atoms with Crippen LogP contribution in [-0.4, -0.2) is 53.2 Å². The average molecular weight is 414 g/mol. The summed E-state index contributed by atoms with van der Waals surface area (Å²) in [7, 11) is 0. The molecule has 3 rings (SSSR count). The second-order valence-electron chi connectivity index (χ2n) is 8.38. The van der Waals surface area contributed by atoms with Crippen molar-refractivity contribution < 1.29 is 28.2 Å². The first-order valence-corrected chi connectivity index (χ1v) is 10.7. The maximum atomic E-state index is 14.5. The van der Waals surface area contributed by atoms with Gasteiger partial charge in [-0.15, -0.1) is 0 Å². The van der Waals surface area contributed by atoms with Gasteiger partial charge in [-0.05, 0) is 51.9 Å². The maximum absolute atomic E-state index is 14.5. The number of hydrogen-bond acceptors (Lipinski definition) is 4. The van der Waals surface area contributed by atoms with Gasteiger partial charge in [-0.2, -0.15) is 5.10 Å². The lowest BCUT2D eigenvalue weighted by atomic mass is 9.68. The van der Waals surface area contributed by atoms with Crippen molar-refractivity contribution in [3.8, 4) is 0 Å². The SMILES string of the molecule is CCOCC1(COCC)CCC(c2c(C(=O)O)nn3c2C(CC)C(F)(F)C3)CC1. The van der Waals surface area contributed by atoms with Crippen LogP contribution in [0.25, 0.3) is 0 Å². The molecule has 1 unspecified atom stereocenters. The van der Waals surface area contributed by atoms with E-state index in [1.54, 1.807) is 6.92 Å². The number of aromatic nitrogens is 2. The van der Waals surface area contributed by atoms with E-state index in [0.717, 1.165) is 25.7 Å². The normalized spacial score (nSPS) is 23.3. The van der Waals surface area contributed by atoms with Crippen LogP contribution in [0.1, 0.15) is 86.5 Å². The molecule has 164 valence electrons. The molecule has 0 aromatic carbocycles. The summed E-state index contributed by atoms with van der Waals surface area (Å²) in [6.45, 7) is 7.57. The minimum Gasteiger partial charge on any atom is -0.476 e. The monoisotopic (exact) mass is 414 g/mol. The lowest BCUT2D eigenvalue weighted by molar-refractivity contribution is -0.0398. The van der Waals surface area contributed by atoms with Gasteiger partial charge >= 0.3 is 5.97 Å². The van der Waals surface area contributed by atoms with E-state index in [4.69, 9.17) is 9.47 Å². The Morgan fingerprint density at radius 3 is 2.24 bits per heavy atom. The first-order valence-electron chi connectivity index (χ1n) is 10.7. The molecule has 1 aromatic heterocycles. The van der Waals surface area contributed by atoms with Gasteiger partial charge in [0.05, 0.1) is 24.8 Å². The number of fused-ring (bicyclic) bond motifs is 1. The van der Waals surface area contributed by atoms with E-state index >= 15 is 0 Å². The molecule has 29 heavy (non-hydrogen) atoms. The molecule has 1 atom stereocenters. The van der Waals surface area contributed by atoms with Crippen LogP contribution in [0.4, 0.5) is 8.78 Å². The molecule has 0 spiro atoms. The number of ether oxygens (including phenoxy) is 2. The Bertz CT molecular complexity index is 717. The molecule has 0 amide bonds. The number of carboxylic acid groups (broad SMARTS) is 1. The molecule has 2 heterocycles. The van der Waals surface area contributed by atoms with Crippen LogP contribution >= 0.6 is 0 Å². The average Bonchev–Trinajstić information content (AvgIpc) is 3.16. The van der Waals surface area contributed by atoms with E-state index in [0.29, 0.717) is 37.7 Å². The molecule has 1 aliphatic carbocycles. The minimum atomic E-state index is -2.88. The Labute approximate surface area is 170 Å². The van der Waals surface area contributed by atoms with Gasteiger partial charge in [-0.3, -0.25) is 4.68 Å². The van der Waals surface area contributed by atoms with Crippen LogP contribution in [0.15, 0.2) is 0 Å². The van der Waals surface area contributed by atoms with Gasteiger partial charge < -0.3 is 14.6 Å². The molecule has 2 aliphatic rings. The number of carbonyl (C=O) groups is 1. The summed E-state index contributed by atoms with van der Waals surface area (Å²) in [6.07, 6.45) is 3.33. The number of alkyl halides is 2. The Balaban J connectivity index is 1.88. The van der Waals surface area contributed by atoms with Crippen molar-refractivity contribution in [1.82, 2.24) is 9.78 Å². The number of hydrogen-bond donors (Lipinski definition) is 1. The van der Waals surface area contributed by atoms with Gasteiger partial charge in [0.2, 0.25) is 0 Å². The first-order chi connectivity index (χ1) is 13.8. The predicted octanol–water partition coefficient (Wildman–Crippen LogP) is 4.44. The summed E-state index contributed by atoms with van der Waals surface area (Å²) < 4.78 is 41.6. The summed E-state index contributed by atoms with van der Waals surface area (Å²) in [4.78, 5) is 11.8. The molecule has 6 nitrogen and oxygen atoms in total. The highest BCUT2D eigenvalue weighted by atomic mass is 19.3. The van der Waals surface area contributed by atoms with Crippen LogP contribution in [-0.2, 0) is 16.0 Å².